The van der Waals surface area contributed by atoms with Gasteiger partial charge in [-0.25, -0.2) is 4.79 Å². The number of halogens is 4. The number of H-pyrrole nitrogens is 1. The minimum atomic E-state index is -5.02. The topological polar surface area (TPSA) is 85.2 Å². The van der Waals surface area contributed by atoms with E-state index in [-0.39, 0.29) is 3.57 Å². The van der Waals surface area contributed by atoms with Crippen LogP contribution in [0.3, 0.4) is 0 Å². The average molecular weight is 350 g/mol. The zero-order chi connectivity index (χ0) is 12.5. The van der Waals surface area contributed by atoms with Crippen LogP contribution in [-0.2, 0) is 0 Å². The number of aromatic amines is 1. The summed E-state index contributed by atoms with van der Waals surface area (Å²) in [6.45, 7) is 0. The van der Waals surface area contributed by atoms with Gasteiger partial charge in [-0.05, 0) is 27.5 Å². The number of nitrogens with zero attached hydrogens (tertiary/aromatic N) is 1. The number of nitrogens with one attached hydrogen (secondary N) is 1. The van der Waals surface area contributed by atoms with E-state index in [1.165, 1.54) is 22.6 Å². The maximum absolute atomic E-state index is 11.8. The van der Waals surface area contributed by atoms with Crippen LogP contribution in [0.1, 0.15) is 0 Å². The van der Waals surface area contributed by atoms with Crippen molar-refractivity contribution in [3.05, 3.63) is 30.1 Å². The molecule has 1 aromatic heterocycles. The number of hydrogen-bond acceptors (Lipinski definition) is 4. The highest BCUT2D eigenvalue weighted by Gasteiger charge is 2.33. The molecular weight excluding hydrogens is 348 g/mol. The molecule has 0 saturated carbocycles. The van der Waals surface area contributed by atoms with Gasteiger partial charge in [0.05, 0.1) is 0 Å². The van der Waals surface area contributed by atoms with Gasteiger partial charge in [0.15, 0.2) is 0 Å². The van der Waals surface area contributed by atoms with E-state index in [0.717, 1.165) is 0 Å². The van der Waals surface area contributed by atoms with Gasteiger partial charge in [-0.15, -0.1) is 13.2 Å². The van der Waals surface area contributed by atoms with Crippen LogP contribution in [0.4, 0.5) is 19.0 Å². The molecule has 1 rings (SSSR count). The van der Waals surface area contributed by atoms with Crippen molar-refractivity contribution in [3.63, 3.8) is 0 Å². The summed E-state index contributed by atoms with van der Waals surface area (Å²) in [6.07, 6.45) is -5.02. The Kier molecular flexibility index (Phi) is 3.40. The van der Waals surface area contributed by atoms with Crippen molar-refractivity contribution in [1.29, 1.82) is 0 Å². The van der Waals surface area contributed by atoms with Gasteiger partial charge < -0.3 is 14.9 Å². The van der Waals surface area contributed by atoms with Crippen LogP contribution in [0.15, 0.2) is 10.9 Å². The molecule has 0 amide bonds. The van der Waals surface area contributed by atoms with Crippen LogP contribution in [-0.4, -0.2) is 16.3 Å². The summed E-state index contributed by atoms with van der Waals surface area (Å²) in [5.74, 6) is -1.72. The highest BCUT2D eigenvalue weighted by molar-refractivity contribution is 14.1. The fraction of sp³-hybridized carbons (Fsp3) is 0.167. The zero-order valence-corrected chi connectivity index (χ0v) is 9.33. The first-order valence-electron chi connectivity index (χ1n) is 3.53. The van der Waals surface area contributed by atoms with Gasteiger partial charge in [0.25, 0.3) is 0 Å². The molecule has 10 heteroatoms. The maximum Gasteiger partial charge on any atom is 0.573 e. The van der Waals surface area contributed by atoms with E-state index in [2.05, 4.69) is 4.74 Å². The fourth-order valence-corrected chi connectivity index (χ4v) is 1.43. The molecule has 0 aliphatic rings. The lowest BCUT2D eigenvalue weighted by Crippen LogP contribution is -2.23. The van der Waals surface area contributed by atoms with E-state index >= 15 is 0 Å². The Bertz CT molecular complexity index is 484. The number of rotatable bonds is 2. The second kappa shape index (κ2) is 4.27. The van der Waals surface area contributed by atoms with E-state index in [4.69, 9.17) is 0 Å². The van der Waals surface area contributed by atoms with Crippen molar-refractivity contribution < 1.29 is 22.8 Å². The Morgan fingerprint density at radius 2 is 2.06 bits per heavy atom. The molecule has 88 valence electrons. The number of hydrogen-bond donors (Lipinski definition) is 1. The molecule has 0 atom stereocenters. The maximum atomic E-state index is 11.8. The number of pyridine rings is 1. The van der Waals surface area contributed by atoms with E-state index in [9.17, 15) is 28.1 Å². The Morgan fingerprint density at radius 1 is 1.50 bits per heavy atom. The summed E-state index contributed by atoms with van der Waals surface area (Å²) in [5.41, 5.74) is -1.32. The zero-order valence-electron chi connectivity index (χ0n) is 7.17. The lowest BCUT2D eigenvalue weighted by atomic mass is 10.4. The van der Waals surface area contributed by atoms with E-state index in [0.29, 0.717) is 6.07 Å². The van der Waals surface area contributed by atoms with Crippen LogP contribution in [0.5, 0.6) is 5.75 Å². The molecule has 0 aliphatic heterocycles. The molecule has 1 aromatic rings. The van der Waals surface area contributed by atoms with Gasteiger partial charge in [-0.3, -0.25) is 0 Å². The van der Waals surface area contributed by atoms with Gasteiger partial charge in [0.1, 0.15) is 3.57 Å². The molecule has 1 heterocycles. The molecule has 0 radical (unpaired) electrons. The monoisotopic (exact) mass is 350 g/mol. The third-order valence-electron chi connectivity index (χ3n) is 1.35. The molecular formula is C6H2F3IN2O4. The lowest BCUT2D eigenvalue weighted by molar-refractivity contribution is -0.390. The Labute approximate surface area is 98.7 Å². The first-order valence-corrected chi connectivity index (χ1v) is 4.61. The van der Waals surface area contributed by atoms with Crippen molar-refractivity contribution in [3.8, 4) is 5.75 Å². The van der Waals surface area contributed by atoms with Gasteiger partial charge in [0, 0.05) is 6.07 Å². The summed E-state index contributed by atoms with van der Waals surface area (Å²) in [5, 5.41) is 10.3. The van der Waals surface area contributed by atoms with Crippen LogP contribution >= 0.6 is 22.6 Å². The van der Waals surface area contributed by atoms with E-state index in [1.54, 1.807) is 4.98 Å². The Balaban J connectivity index is 3.21. The number of alkyl halides is 3. The quantitative estimate of drug-likeness (QED) is 0.501. The lowest BCUT2D eigenvalue weighted by Gasteiger charge is -2.07. The fourth-order valence-electron chi connectivity index (χ4n) is 0.811. The summed E-state index contributed by atoms with van der Waals surface area (Å²) < 4.78 is 38.6. The van der Waals surface area contributed by atoms with E-state index in [1.807, 2.05) is 0 Å². The summed E-state index contributed by atoms with van der Waals surface area (Å²) in [7, 11) is 0. The first kappa shape index (κ1) is 12.7. The molecule has 0 aromatic carbocycles. The van der Waals surface area contributed by atoms with Gasteiger partial charge in [-0.1, -0.05) is 0 Å². The van der Waals surface area contributed by atoms with Gasteiger partial charge in [-0.2, -0.15) is 4.98 Å². The molecule has 0 saturated heterocycles. The predicted molar refractivity (Wildman–Crippen MR) is 53.1 cm³/mol. The number of nitro groups is 1. The minimum Gasteiger partial charge on any atom is -0.397 e. The van der Waals surface area contributed by atoms with Crippen LogP contribution < -0.4 is 10.3 Å². The number of aromatic nitrogens is 1. The van der Waals surface area contributed by atoms with Gasteiger partial charge in [0.2, 0.25) is 5.75 Å². The van der Waals surface area contributed by atoms with Crippen molar-refractivity contribution in [1.82, 2.24) is 4.98 Å². The first-order chi connectivity index (χ1) is 7.20. The van der Waals surface area contributed by atoms with Crippen molar-refractivity contribution in [2.75, 3.05) is 0 Å². The summed E-state index contributed by atoms with van der Waals surface area (Å²) >= 11 is 1.41. The largest absolute Gasteiger partial charge is 0.573 e. The molecule has 0 unspecified atom stereocenters. The molecule has 1 N–H and O–H groups in total. The second-order valence-electron chi connectivity index (χ2n) is 2.46. The smallest absolute Gasteiger partial charge is 0.397 e. The van der Waals surface area contributed by atoms with Crippen LogP contribution in [0, 0.1) is 13.7 Å². The highest BCUT2D eigenvalue weighted by atomic mass is 127. The highest BCUT2D eigenvalue weighted by Crippen LogP contribution is 2.24. The molecule has 0 aliphatic carbocycles. The molecule has 0 bridgehead atoms. The van der Waals surface area contributed by atoms with Crippen LogP contribution in [0.25, 0.3) is 0 Å². The molecule has 0 fully saturated rings. The standard InChI is InChI=1S/C6H2F3IN2O4/c7-6(8,9)16-3-1-2(10)4(12(14)15)11-5(3)13/h1H,(H,11,13). The molecule has 6 nitrogen and oxygen atoms in total. The van der Waals surface area contributed by atoms with Crippen molar-refractivity contribution >= 4 is 28.4 Å². The normalized spacial score (nSPS) is 11.2. The Hall–Kier alpha value is -1.33. The van der Waals surface area contributed by atoms with Gasteiger partial charge >= 0.3 is 17.7 Å². The molecule has 16 heavy (non-hydrogen) atoms. The summed E-state index contributed by atoms with van der Waals surface area (Å²) in [4.78, 5) is 22.1. The minimum absolute atomic E-state index is 0.165. The third kappa shape index (κ3) is 3.08. The second-order valence-corrected chi connectivity index (χ2v) is 3.63. The average Bonchev–Trinajstić information content (AvgIpc) is 2.07. The summed E-state index contributed by atoms with van der Waals surface area (Å²) in [6, 6.07) is 0.644. The predicted octanol–water partition coefficient (Wildman–Crippen LogP) is 1.79. The number of ether oxygens (including phenoxy) is 1. The third-order valence-corrected chi connectivity index (χ3v) is 2.17. The van der Waals surface area contributed by atoms with Crippen molar-refractivity contribution in [2.45, 2.75) is 6.36 Å². The molecule has 0 spiro atoms. The van der Waals surface area contributed by atoms with E-state index < -0.39 is 28.4 Å². The SMILES string of the molecule is O=c1[nH]c([N+](=O)[O-])c(I)cc1OC(F)(F)F. The van der Waals surface area contributed by atoms with Crippen molar-refractivity contribution in [2.24, 2.45) is 0 Å². The van der Waals surface area contributed by atoms with Crippen LogP contribution in [0.2, 0.25) is 0 Å². The Morgan fingerprint density at radius 3 is 2.50 bits per heavy atom.